The average Bonchev–Trinajstić information content (AvgIpc) is 2.56. The minimum absolute atomic E-state index is 0. The van der Waals surface area contributed by atoms with Crippen molar-refractivity contribution < 1.29 is 9.59 Å². The fraction of sp³-hybridized carbons (Fsp3) is 0.529. The van der Waals surface area contributed by atoms with Crippen molar-refractivity contribution in [3.63, 3.8) is 0 Å². The van der Waals surface area contributed by atoms with Crippen LogP contribution in [0.15, 0.2) is 30.3 Å². The minimum atomic E-state index is -0.395. The van der Waals surface area contributed by atoms with Crippen LogP contribution in [0.5, 0.6) is 0 Å². The number of hydrogen-bond acceptors (Lipinski definition) is 4. The van der Waals surface area contributed by atoms with E-state index in [1.807, 2.05) is 42.2 Å². The van der Waals surface area contributed by atoms with E-state index in [2.05, 4.69) is 10.2 Å². The molecule has 2 rings (SSSR count). The van der Waals surface area contributed by atoms with Gasteiger partial charge in [-0.2, -0.15) is 0 Å². The van der Waals surface area contributed by atoms with Crippen molar-refractivity contribution in [1.29, 1.82) is 0 Å². The third-order valence-electron chi connectivity index (χ3n) is 4.03. The van der Waals surface area contributed by atoms with Crippen molar-refractivity contribution in [3.05, 3.63) is 30.3 Å². The van der Waals surface area contributed by atoms with Crippen LogP contribution in [-0.2, 0) is 9.59 Å². The summed E-state index contributed by atoms with van der Waals surface area (Å²) in [5.41, 5.74) is 6.69. The SMILES string of the molecule is CCCC(N)C(=O)N1CCN(CC(=O)Nc2ccccc2)CC1.Cl. The Hall–Kier alpha value is -1.63. The number of carbonyl (C=O) groups excluding carboxylic acids is 2. The topological polar surface area (TPSA) is 78.7 Å². The fourth-order valence-corrected chi connectivity index (χ4v) is 2.72. The minimum Gasteiger partial charge on any atom is -0.339 e. The summed E-state index contributed by atoms with van der Waals surface area (Å²) in [7, 11) is 0. The number of amides is 2. The number of nitrogens with zero attached hydrogens (tertiary/aromatic N) is 2. The van der Waals surface area contributed by atoms with Crippen molar-refractivity contribution in [2.45, 2.75) is 25.8 Å². The van der Waals surface area contributed by atoms with Gasteiger partial charge in [0.05, 0.1) is 12.6 Å². The van der Waals surface area contributed by atoms with Crippen molar-refractivity contribution in [3.8, 4) is 0 Å². The van der Waals surface area contributed by atoms with Crippen LogP contribution < -0.4 is 11.1 Å². The Bertz CT molecular complexity index is 519. The van der Waals surface area contributed by atoms with E-state index in [1.54, 1.807) is 0 Å². The molecule has 0 aromatic heterocycles. The molecular formula is C17H27ClN4O2. The van der Waals surface area contributed by atoms with Gasteiger partial charge in [-0.05, 0) is 18.6 Å². The molecule has 0 saturated carbocycles. The van der Waals surface area contributed by atoms with Gasteiger partial charge in [0, 0.05) is 31.9 Å². The quantitative estimate of drug-likeness (QED) is 0.807. The van der Waals surface area contributed by atoms with E-state index in [-0.39, 0.29) is 24.2 Å². The van der Waals surface area contributed by atoms with E-state index in [4.69, 9.17) is 5.73 Å². The molecular weight excluding hydrogens is 328 g/mol. The first-order chi connectivity index (χ1) is 11.1. The predicted octanol–water partition coefficient (Wildman–Crippen LogP) is 1.32. The first-order valence-electron chi connectivity index (χ1n) is 8.21. The van der Waals surface area contributed by atoms with Gasteiger partial charge in [-0.25, -0.2) is 0 Å². The summed E-state index contributed by atoms with van der Waals surface area (Å²) >= 11 is 0. The number of rotatable bonds is 6. The second-order valence-corrected chi connectivity index (χ2v) is 5.91. The number of para-hydroxylation sites is 1. The molecule has 1 aliphatic rings. The number of hydrogen-bond donors (Lipinski definition) is 2. The van der Waals surface area contributed by atoms with E-state index in [9.17, 15) is 9.59 Å². The molecule has 1 atom stereocenters. The van der Waals surface area contributed by atoms with Crippen molar-refractivity contribution in [1.82, 2.24) is 9.80 Å². The zero-order chi connectivity index (χ0) is 16.7. The average molecular weight is 355 g/mol. The van der Waals surface area contributed by atoms with Gasteiger partial charge in [0.2, 0.25) is 11.8 Å². The van der Waals surface area contributed by atoms with Crippen LogP contribution in [0.3, 0.4) is 0 Å². The van der Waals surface area contributed by atoms with Crippen LogP contribution in [0, 0.1) is 0 Å². The lowest BCUT2D eigenvalue weighted by atomic mass is 10.1. The van der Waals surface area contributed by atoms with Gasteiger partial charge in [-0.1, -0.05) is 31.5 Å². The Morgan fingerprint density at radius 1 is 1.17 bits per heavy atom. The lowest BCUT2D eigenvalue weighted by molar-refractivity contribution is -0.134. The van der Waals surface area contributed by atoms with E-state index < -0.39 is 6.04 Å². The standard InChI is InChI=1S/C17H26N4O2.ClH/c1-2-6-15(18)17(23)21-11-9-20(10-12-21)13-16(22)19-14-7-4-3-5-8-14;/h3-5,7-8,15H,2,6,9-13,18H2,1H3,(H,19,22);1H. The highest BCUT2D eigenvalue weighted by Gasteiger charge is 2.25. The maximum atomic E-state index is 12.2. The van der Waals surface area contributed by atoms with Crippen LogP contribution >= 0.6 is 12.4 Å². The number of benzene rings is 1. The maximum absolute atomic E-state index is 12.2. The van der Waals surface area contributed by atoms with Crippen LogP contribution in [0.25, 0.3) is 0 Å². The van der Waals surface area contributed by atoms with Crippen LogP contribution in [0.4, 0.5) is 5.69 Å². The summed E-state index contributed by atoms with van der Waals surface area (Å²) in [5, 5.41) is 2.88. The Morgan fingerprint density at radius 3 is 2.38 bits per heavy atom. The molecule has 0 aliphatic carbocycles. The van der Waals surface area contributed by atoms with Gasteiger partial charge >= 0.3 is 0 Å². The lowest BCUT2D eigenvalue weighted by Crippen LogP contribution is -2.54. The highest BCUT2D eigenvalue weighted by atomic mass is 35.5. The third-order valence-corrected chi connectivity index (χ3v) is 4.03. The van der Waals surface area contributed by atoms with Crippen molar-refractivity contribution in [2.24, 2.45) is 5.73 Å². The van der Waals surface area contributed by atoms with Gasteiger partial charge in [-0.15, -0.1) is 12.4 Å². The Morgan fingerprint density at radius 2 is 1.79 bits per heavy atom. The molecule has 134 valence electrons. The Labute approximate surface area is 149 Å². The number of halogens is 1. The summed E-state index contributed by atoms with van der Waals surface area (Å²) in [6.45, 7) is 5.04. The zero-order valence-electron chi connectivity index (χ0n) is 14.1. The molecule has 1 heterocycles. The largest absolute Gasteiger partial charge is 0.339 e. The molecule has 3 N–H and O–H groups in total. The predicted molar refractivity (Wildman–Crippen MR) is 98.2 cm³/mol. The molecule has 1 fully saturated rings. The molecule has 1 unspecified atom stereocenters. The van der Waals surface area contributed by atoms with E-state index in [0.29, 0.717) is 32.7 Å². The van der Waals surface area contributed by atoms with Gasteiger partial charge in [0.1, 0.15) is 0 Å². The molecule has 1 aromatic rings. The zero-order valence-corrected chi connectivity index (χ0v) is 14.9. The molecule has 0 radical (unpaired) electrons. The molecule has 6 nitrogen and oxygen atoms in total. The van der Waals surface area contributed by atoms with Gasteiger partial charge in [0.25, 0.3) is 0 Å². The molecule has 0 spiro atoms. The van der Waals surface area contributed by atoms with Gasteiger partial charge < -0.3 is 16.0 Å². The second-order valence-electron chi connectivity index (χ2n) is 5.91. The van der Waals surface area contributed by atoms with E-state index >= 15 is 0 Å². The smallest absolute Gasteiger partial charge is 0.239 e. The van der Waals surface area contributed by atoms with Gasteiger partial charge in [0.15, 0.2) is 0 Å². The molecule has 1 aromatic carbocycles. The number of nitrogens with two attached hydrogens (primary N) is 1. The monoisotopic (exact) mass is 354 g/mol. The summed E-state index contributed by atoms with van der Waals surface area (Å²) < 4.78 is 0. The molecule has 7 heteroatoms. The number of anilines is 1. The first-order valence-corrected chi connectivity index (χ1v) is 8.21. The Kier molecular flexibility index (Phi) is 8.74. The van der Waals surface area contributed by atoms with E-state index in [1.165, 1.54) is 0 Å². The molecule has 2 amide bonds. The van der Waals surface area contributed by atoms with Crippen LogP contribution in [-0.4, -0.2) is 60.4 Å². The highest BCUT2D eigenvalue weighted by molar-refractivity contribution is 5.92. The molecule has 24 heavy (non-hydrogen) atoms. The van der Waals surface area contributed by atoms with E-state index in [0.717, 1.165) is 18.5 Å². The highest BCUT2D eigenvalue weighted by Crippen LogP contribution is 2.08. The lowest BCUT2D eigenvalue weighted by Gasteiger charge is -2.35. The number of piperazine rings is 1. The summed E-state index contributed by atoms with van der Waals surface area (Å²) in [6, 6.07) is 9.02. The fourth-order valence-electron chi connectivity index (χ4n) is 2.72. The summed E-state index contributed by atoms with van der Waals surface area (Å²) in [6.07, 6.45) is 1.63. The normalized spacial score (nSPS) is 16.2. The maximum Gasteiger partial charge on any atom is 0.239 e. The summed E-state index contributed by atoms with van der Waals surface area (Å²) in [4.78, 5) is 28.1. The van der Waals surface area contributed by atoms with Gasteiger partial charge in [-0.3, -0.25) is 14.5 Å². The van der Waals surface area contributed by atoms with Crippen molar-refractivity contribution >= 4 is 29.9 Å². The number of carbonyl (C=O) groups is 2. The summed E-state index contributed by atoms with van der Waals surface area (Å²) in [5.74, 6) is -0.00102. The van der Waals surface area contributed by atoms with Crippen molar-refractivity contribution in [2.75, 3.05) is 38.0 Å². The molecule has 0 bridgehead atoms. The first kappa shape index (κ1) is 20.4. The van der Waals surface area contributed by atoms with Crippen LogP contribution in [0.1, 0.15) is 19.8 Å². The van der Waals surface area contributed by atoms with Crippen LogP contribution in [0.2, 0.25) is 0 Å². The Balaban J connectivity index is 0.00000288. The second kappa shape index (κ2) is 10.3. The molecule has 1 aliphatic heterocycles. The third kappa shape index (κ3) is 6.11. The number of nitrogens with one attached hydrogen (secondary N) is 1. The molecule has 1 saturated heterocycles.